The van der Waals surface area contributed by atoms with Gasteiger partial charge in [0.15, 0.2) is 11.6 Å². The van der Waals surface area contributed by atoms with Gasteiger partial charge in [-0.2, -0.15) is 0 Å². The molecule has 1 N–H and O–H groups in total. The van der Waals surface area contributed by atoms with Crippen LogP contribution in [0.5, 0.6) is 0 Å². The largest absolute Gasteiger partial charge is 0.332 e. The van der Waals surface area contributed by atoms with Gasteiger partial charge < -0.3 is 5.32 Å². The molecule has 2 aromatic rings. The summed E-state index contributed by atoms with van der Waals surface area (Å²) in [6.45, 7) is 0. The summed E-state index contributed by atoms with van der Waals surface area (Å²) < 4.78 is 39.3. The van der Waals surface area contributed by atoms with Crippen LogP contribution in [0.15, 0.2) is 24.3 Å². The van der Waals surface area contributed by atoms with Crippen LogP contribution in [0.2, 0.25) is 5.15 Å². The van der Waals surface area contributed by atoms with Gasteiger partial charge in [-0.05, 0) is 6.07 Å². The van der Waals surface area contributed by atoms with Gasteiger partial charge in [-0.1, -0.05) is 11.6 Å². The van der Waals surface area contributed by atoms with Crippen molar-refractivity contribution in [3.63, 3.8) is 0 Å². The fraction of sp³-hybridized carbons (Fsp3) is 0. The molecule has 0 spiro atoms. The minimum absolute atomic E-state index is 0.0823. The fourth-order valence-corrected chi connectivity index (χ4v) is 1.56. The summed E-state index contributed by atoms with van der Waals surface area (Å²) in [7, 11) is 0. The number of hydrogen-bond acceptors (Lipinski definition) is 4. The number of nitrogens with one attached hydrogen (secondary N) is 1. The molecular weight excluding hydrogens is 299 g/mol. The number of aromatic nitrogens is 1. The number of pyridine rings is 1. The average Bonchev–Trinajstić information content (AvgIpc) is 2.35. The van der Waals surface area contributed by atoms with Crippen LogP contribution in [0, 0.1) is 27.6 Å². The molecule has 0 aliphatic carbocycles. The molecule has 1 aromatic carbocycles. The highest BCUT2D eigenvalue weighted by molar-refractivity contribution is 6.29. The number of anilines is 2. The second kappa shape index (κ2) is 5.33. The second-order valence-electron chi connectivity index (χ2n) is 3.63. The zero-order valence-electron chi connectivity index (χ0n) is 9.53. The lowest BCUT2D eigenvalue weighted by Gasteiger charge is -2.08. The van der Waals surface area contributed by atoms with Crippen LogP contribution < -0.4 is 5.32 Å². The standard InChI is InChI=1S/C11H5ClF3N3O2/c12-10-2-1-9(18(19)20)11(17-10)16-8-4-6(14)5(13)3-7(8)15/h1-4H,(H,16,17). The van der Waals surface area contributed by atoms with E-state index in [2.05, 4.69) is 10.3 Å². The number of halogens is 4. The van der Waals surface area contributed by atoms with Gasteiger partial charge in [0, 0.05) is 18.2 Å². The van der Waals surface area contributed by atoms with E-state index >= 15 is 0 Å². The summed E-state index contributed by atoms with van der Waals surface area (Å²) >= 11 is 5.58. The molecule has 1 heterocycles. The van der Waals surface area contributed by atoms with Gasteiger partial charge in [0.05, 0.1) is 10.6 Å². The molecule has 0 aliphatic heterocycles. The highest BCUT2D eigenvalue weighted by Gasteiger charge is 2.18. The first-order chi connectivity index (χ1) is 9.38. The lowest BCUT2D eigenvalue weighted by molar-refractivity contribution is -0.384. The summed E-state index contributed by atoms with van der Waals surface area (Å²) in [6, 6.07) is 3.06. The van der Waals surface area contributed by atoms with Gasteiger partial charge in [-0.3, -0.25) is 10.1 Å². The Kier molecular flexibility index (Phi) is 3.75. The summed E-state index contributed by atoms with van der Waals surface area (Å²) in [4.78, 5) is 13.6. The third-order valence-corrected chi connectivity index (χ3v) is 2.51. The average molecular weight is 304 g/mol. The van der Waals surface area contributed by atoms with Crippen LogP contribution in [-0.4, -0.2) is 9.91 Å². The molecule has 0 aliphatic rings. The molecule has 0 amide bonds. The van der Waals surface area contributed by atoms with Gasteiger partial charge in [0.2, 0.25) is 5.82 Å². The Bertz CT molecular complexity index is 697. The van der Waals surface area contributed by atoms with Crippen molar-refractivity contribution in [2.75, 3.05) is 5.32 Å². The monoisotopic (exact) mass is 303 g/mol. The Hall–Kier alpha value is -2.35. The highest BCUT2D eigenvalue weighted by Crippen LogP contribution is 2.29. The van der Waals surface area contributed by atoms with Crippen LogP contribution >= 0.6 is 11.6 Å². The molecular formula is C11H5ClF3N3O2. The molecule has 0 atom stereocenters. The van der Waals surface area contributed by atoms with Crippen LogP contribution in [0.25, 0.3) is 0 Å². The van der Waals surface area contributed by atoms with Crippen LogP contribution in [0.1, 0.15) is 0 Å². The van der Waals surface area contributed by atoms with Crippen molar-refractivity contribution >= 4 is 28.8 Å². The van der Waals surface area contributed by atoms with E-state index < -0.39 is 33.7 Å². The summed E-state index contributed by atoms with van der Waals surface area (Å²) in [5.41, 5.74) is -0.986. The fourth-order valence-electron chi connectivity index (χ4n) is 1.41. The SMILES string of the molecule is O=[N+]([O-])c1ccc(Cl)nc1Nc1cc(F)c(F)cc1F. The van der Waals surface area contributed by atoms with Crippen molar-refractivity contribution in [1.29, 1.82) is 0 Å². The predicted octanol–water partition coefficient (Wildman–Crippen LogP) is 3.80. The lowest BCUT2D eigenvalue weighted by Crippen LogP contribution is -2.02. The van der Waals surface area contributed by atoms with E-state index in [1.54, 1.807) is 0 Å². The summed E-state index contributed by atoms with van der Waals surface area (Å²) in [5, 5.41) is 12.9. The van der Waals surface area contributed by atoms with E-state index in [9.17, 15) is 23.3 Å². The third kappa shape index (κ3) is 2.80. The number of nitrogens with zero attached hydrogens (tertiary/aromatic N) is 2. The van der Waals surface area contributed by atoms with Crippen LogP contribution in [-0.2, 0) is 0 Å². The number of nitro groups is 1. The number of rotatable bonds is 3. The first-order valence-corrected chi connectivity index (χ1v) is 5.49. The molecule has 0 unspecified atom stereocenters. The maximum Gasteiger partial charge on any atom is 0.311 e. The van der Waals surface area contributed by atoms with Crippen LogP contribution in [0.3, 0.4) is 0 Å². The highest BCUT2D eigenvalue weighted by atomic mass is 35.5. The molecule has 1 aromatic heterocycles. The first kappa shape index (κ1) is 14.1. The minimum Gasteiger partial charge on any atom is -0.332 e. The molecule has 104 valence electrons. The molecule has 20 heavy (non-hydrogen) atoms. The maximum atomic E-state index is 13.4. The maximum absolute atomic E-state index is 13.4. The van der Waals surface area contributed by atoms with E-state index in [0.29, 0.717) is 12.1 Å². The Morgan fingerprint density at radius 2 is 1.80 bits per heavy atom. The van der Waals surface area contributed by atoms with Crippen molar-refractivity contribution in [2.45, 2.75) is 0 Å². The minimum atomic E-state index is -1.37. The molecule has 9 heteroatoms. The van der Waals surface area contributed by atoms with Gasteiger partial charge in [0.1, 0.15) is 11.0 Å². The van der Waals surface area contributed by atoms with Gasteiger partial charge in [0.25, 0.3) is 0 Å². The van der Waals surface area contributed by atoms with E-state index in [0.717, 1.165) is 6.07 Å². The Morgan fingerprint density at radius 3 is 2.45 bits per heavy atom. The van der Waals surface area contributed by atoms with Crippen molar-refractivity contribution < 1.29 is 18.1 Å². The molecule has 0 radical (unpaired) electrons. The zero-order valence-corrected chi connectivity index (χ0v) is 10.3. The van der Waals surface area contributed by atoms with E-state index in [1.807, 2.05) is 0 Å². The topological polar surface area (TPSA) is 68.1 Å². The molecule has 0 saturated carbocycles. The lowest BCUT2D eigenvalue weighted by atomic mass is 10.2. The quantitative estimate of drug-likeness (QED) is 0.405. The summed E-state index contributed by atoms with van der Waals surface area (Å²) in [5.74, 6) is -4.19. The first-order valence-electron chi connectivity index (χ1n) is 5.11. The normalized spacial score (nSPS) is 10.4. The number of benzene rings is 1. The predicted molar refractivity (Wildman–Crippen MR) is 65.5 cm³/mol. The molecule has 2 rings (SSSR count). The van der Waals surface area contributed by atoms with Crippen molar-refractivity contribution in [3.05, 3.63) is 57.0 Å². The molecule has 0 saturated heterocycles. The Balaban J connectivity index is 2.47. The van der Waals surface area contributed by atoms with Crippen molar-refractivity contribution in [3.8, 4) is 0 Å². The van der Waals surface area contributed by atoms with Gasteiger partial charge in [-0.25, -0.2) is 18.2 Å². The van der Waals surface area contributed by atoms with Crippen LogP contribution in [0.4, 0.5) is 30.4 Å². The van der Waals surface area contributed by atoms with E-state index in [4.69, 9.17) is 11.6 Å². The smallest absolute Gasteiger partial charge is 0.311 e. The Morgan fingerprint density at radius 1 is 1.15 bits per heavy atom. The Labute approximate surface area is 115 Å². The van der Waals surface area contributed by atoms with Crippen molar-refractivity contribution in [2.24, 2.45) is 0 Å². The van der Waals surface area contributed by atoms with E-state index in [1.165, 1.54) is 6.07 Å². The van der Waals surface area contributed by atoms with Crippen molar-refractivity contribution in [1.82, 2.24) is 4.98 Å². The van der Waals surface area contributed by atoms with E-state index in [-0.39, 0.29) is 11.0 Å². The van der Waals surface area contributed by atoms with Gasteiger partial charge >= 0.3 is 5.69 Å². The summed E-state index contributed by atoms with van der Waals surface area (Å²) in [6.07, 6.45) is 0. The molecule has 0 fully saturated rings. The zero-order chi connectivity index (χ0) is 14.9. The third-order valence-electron chi connectivity index (χ3n) is 2.30. The van der Waals surface area contributed by atoms with Gasteiger partial charge in [-0.15, -0.1) is 0 Å². The second-order valence-corrected chi connectivity index (χ2v) is 4.02. The molecule has 0 bridgehead atoms. The molecule has 5 nitrogen and oxygen atoms in total. The number of hydrogen-bond donors (Lipinski definition) is 1.